The summed E-state index contributed by atoms with van der Waals surface area (Å²) in [4.78, 5) is 33.4. The largest absolute Gasteiger partial charge is 0.369 e. The van der Waals surface area contributed by atoms with Crippen molar-refractivity contribution < 1.29 is 4.79 Å². The lowest BCUT2D eigenvalue weighted by Crippen LogP contribution is -2.18. The van der Waals surface area contributed by atoms with Crippen LogP contribution in [-0.2, 0) is 0 Å². The summed E-state index contributed by atoms with van der Waals surface area (Å²) in [7, 11) is 1.63. The Morgan fingerprint density at radius 2 is 1.90 bits per heavy atom. The van der Waals surface area contributed by atoms with E-state index in [2.05, 4.69) is 42.5 Å². The molecular weight excluding hydrogens is 378 g/mol. The fourth-order valence-electron chi connectivity index (χ4n) is 3.34. The smallest absolute Gasteiger partial charge is 0.251 e. The quantitative estimate of drug-likeness (QED) is 0.513. The highest BCUT2D eigenvalue weighted by atomic mass is 16.1. The van der Waals surface area contributed by atoms with Crippen LogP contribution in [0.3, 0.4) is 0 Å². The van der Waals surface area contributed by atoms with Crippen molar-refractivity contribution in [2.24, 2.45) is 0 Å². The Morgan fingerprint density at radius 1 is 1.07 bits per heavy atom. The number of pyridine rings is 1. The summed E-state index contributed by atoms with van der Waals surface area (Å²) in [5.41, 5.74) is 4.10. The first-order chi connectivity index (χ1) is 14.7. The second-order valence-corrected chi connectivity index (χ2v) is 6.88. The number of aromatic nitrogens is 5. The van der Waals surface area contributed by atoms with Crippen molar-refractivity contribution in [1.82, 2.24) is 30.2 Å². The number of nitrogens with one attached hydrogen (secondary N) is 2. The van der Waals surface area contributed by atoms with E-state index in [0.717, 1.165) is 33.5 Å². The molecule has 150 valence electrons. The topological polar surface area (TPSA) is 106 Å². The van der Waals surface area contributed by atoms with Crippen LogP contribution in [0.5, 0.6) is 0 Å². The predicted octanol–water partition coefficient (Wildman–Crippen LogP) is 3.06. The van der Waals surface area contributed by atoms with Gasteiger partial charge in [-0.2, -0.15) is 0 Å². The minimum absolute atomic E-state index is 0.122. The maximum absolute atomic E-state index is 12.2. The molecule has 0 unspecified atom stereocenters. The maximum atomic E-state index is 12.2. The van der Waals surface area contributed by atoms with E-state index in [1.54, 1.807) is 31.7 Å². The number of benzene rings is 1. The number of hydrogen-bond acceptors (Lipinski definition) is 7. The van der Waals surface area contributed by atoms with Gasteiger partial charge >= 0.3 is 0 Å². The van der Waals surface area contributed by atoms with Crippen LogP contribution in [0.2, 0.25) is 0 Å². The van der Waals surface area contributed by atoms with Crippen LogP contribution in [0, 0.1) is 0 Å². The molecule has 1 aromatic carbocycles. The molecule has 30 heavy (non-hydrogen) atoms. The Balaban J connectivity index is 1.56. The number of para-hydroxylation sites is 1. The lowest BCUT2D eigenvalue weighted by Gasteiger charge is -2.16. The van der Waals surface area contributed by atoms with Gasteiger partial charge in [-0.15, -0.1) is 0 Å². The molecule has 3 heterocycles. The summed E-state index contributed by atoms with van der Waals surface area (Å²) in [6, 6.07) is 9.54. The third-order valence-corrected chi connectivity index (χ3v) is 4.92. The number of anilines is 1. The predicted molar refractivity (Wildman–Crippen MR) is 115 cm³/mol. The second-order valence-electron chi connectivity index (χ2n) is 6.88. The van der Waals surface area contributed by atoms with Crippen LogP contribution in [0.4, 0.5) is 5.82 Å². The van der Waals surface area contributed by atoms with Crippen LogP contribution < -0.4 is 10.6 Å². The van der Waals surface area contributed by atoms with E-state index in [-0.39, 0.29) is 11.8 Å². The normalized spacial score (nSPS) is 11.8. The molecule has 0 bridgehead atoms. The molecule has 8 heteroatoms. The van der Waals surface area contributed by atoms with Crippen LogP contribution in [0.15, 0.2) is 61.6 Å². The average Bonchev–Trinajstić information content (AvgIpc) is 2.82. The molecule has 1 atom stereocenters. The first kappa shape index (κ1) is 19.4. The molecule has 0 radical (unpaired) electrons. The lowest BCUT2D eigenvalue weighted by molar-refractivity contribution is 0.0964. The molecule has 0 fully saturated rings. The van der Waals surface area contributed by atoms with Gasteiger partial charge in [0.05, 0.1) is 16.8 Å². The molecule has 1 amide bonds. The van der Waals surface area contributed by atoms with Crippen molar-refractivity contribution in [3.8, 4) is 11.3 Å². The standard InChI is InChI=1S/C22H21N7O/c1-14(9-27-20-8-19(28-13-29-20)15-10-24-12-25-11-15)16-4-3-5-17-18(22(30)23-2)6-7-26-21(16)17/h3-8,10-14H,9H2,1-2H3,(H,23,30)(H,27,28,29)/t14-/m1/s1. The molecule has 0 aliphatic carbocycles. The number of rotatable bonds is 6. The first-order valence-electron chi connectivity index (χ1n) is 9.58. The van der Waals surface area contributed by atoms with E-state index in [9.17, 15) is 4.79 Å². The Bertz CT molecular complexity index is 1180. The van der Waals surface area contributed by atoms with Gasteiger partial charge in [0.1, 0.15) is 18.5 Å². The Hall–Kier alpha value is -3.94. The summed E-state index contributed by atoms with van der Waals surface area (Å²) in [6.45, 7) is 2.76. The monoisotopic (exact) mass is 399 g/mol. The molecule has 2 N–H and O–H groups in total. The Labute approximate surface area is 173 Å². The van der Waals surface area contributed by atoms with E-state index in [1.807, 2.05) is 24.3 Å². The zero-order valence-corrected chi connectivity index (χ0v) is 16.7. The van der Waals surface area contributed by atoms with Crippen molar-refractivity contribution in [3.05, 3.63) is 72.7 Å². The highest BCUT2D eigenvalue weighted by molar-refractivity contribution is 6.06. The van der Waals surface area contributed by atoms with Gasteiger partial charge in [0.2, 0.25) is 0 Å². The number of fused-ring (bicyclic) bond motifs is 1. The van der Waals surface area contributed by atoms with Crippen molar-refractivity contribution in [3.63, 3.8) is 0 Å². The highest BCUT2D eigenvalue weighted by Crippen LogP contribution is 2.26. The minimum atomic E-state index is -0.122. The average molecular weight is 399 g/mol. The minimum Gasteiger partial charge on any atom is -0.369 e. The van der Waals surface area contributed by atoms with Gasteiger partial charge in [-0.1, -0.05) is 25.1 Å². The van der Waals surface area contributed by atoms with E-state index in [4.69, 9.17) is 0 Å². The molecule has 0 saturated heterocycles. The van der Waals surface area contributed by atoms with Gasteiger partial charge in [0.15, 0.2) is 0 Å². The summed E-state index contributed by atoms with van der Waals surface area (Å²) < 4.78 is 0. The van der Waals surface area contributed by atoms with Crippen molar-refractivity contribution in [2.45, 2.75) is 12.8 Å². The lowest BCUT2D eigenvalue weighted by atomic mass is 9.96. The van der Waals surface area contributed by atoms with Gasteiger partial charge in [-0.25, -0.2) is 19.9 Å². The first-order valence-corrected chi connectivity index (χ1v) is 9.58. The third-order valence-electron chi connectivity index (χ3n) is 4.92. The van der Waals surface area contributed by atoms with Gasteiger partial charge in [0, 0.05) is 55.1 Å². The molecule has 0 aliphatic heterocycles. The molecule has 0 saturated carbocycles. The molecule has 0 spiro atoms. The van der Waals surface area contributed by atoms with Gasteiger partial charge < -0.3 is 10.6 Å². The van der Waals surface area contributed by atoms with Gasteiger partial charge in [-0.3, -0.25) is 9.78 Å². The Kier molecular flexibility index (Phi) is 5.56. The maximum Gasteiger partial charge on any atom is 0.251 e. The third kappa shape index (κ3) is 3.93. The SMILES string of the molecule is CNC(=O)c1ccnc2c([C@H](C)CNc3cc(-c4cncnc4)ncn3)cccc12. The van der Waals surface area contributed by atoms with E-state index >= 15 is 0 Å². The summed E-state index contributed by atoms with van der Waals surface area (Å²) in [6.07, 6.45) is 8.11. The summed E-state index contributed by atoms with van der Waals surface area (Å²) in [5, 5.41) is 6.89. The second kappa shape index (κ2) is 8.60. The van der Waals surface area contributed by atoms with Crippen LogP contribution in [-0.4, -0.2) is 44.4 Å². The van der Waals surface area contributed by atoms with Crippen molar-refractivity contribution >= 4 is 22.6 Å². The van der Waals surface area contributed by atoms with E-state index in [0.29, 0.717) is 12.1 Å². The summed E-state index contributed by atoms with van der Waals surface area (Å²) in [5.74, 6) is 0.735. The Morgan fingerprint density at radius 3 is 2.70 bits per heavy atom. The number of nitrogens with zero attached hydrogens (tertiary/aromatic N) is 5. The van der Waals surface area contributed by atoms with Crippen LogP contribution in [0.1, 0.15) is 28.8 Å². The van der Waals surface area contributed by atoms with Gasteiger partial charge in [0.25, 0.3) is 5.91 Å². The molecule has 4 aromatic rings. The van der Waals surface area contributed by atoms with Crippen LogP contribution >= 0.6 is 0 Å². The highest BCUT2D eigenvalue weighted by Gasteiger charge is 2.15. The molecule has 0 aliphatic rings. The zero-order chi connectivity index (χ0) is 20.9. The fraction of sp³-hybridized carbons (Fsp3) is 0.182. The molecule has 3 aromatic heterocycles. The van der Waals surface area contributed by atoms with E-state index in [1.165, 1.54) is 12.7 Å². The zero-order valence-electron chi connectivity index (χ0n) is 16.7. The fourth-order valence-corrected chi connectivity index (χ4v) is 3.34. The molecule has 8 nitrogen and oxygen atoms in total. The number of hydrogen-bond donors (Lipinski definition) is 2. The van der Waals surface area contributed by atoms with Crippen molar-refractivity contribution in [2.75, 3.05) is 18.9 Å². The molecular formula is C22H21N7O. The van der Waals surface area contributed by atoms with Gasteiger partial charge in [-0.05, 0) is 11.6 Å². The number of carbonyl (C=O) groups is 1. The number of carbonyl (C=O) groups excluding carboxylic acids is 1. The molecule has 4 rings (SSSR count). The van der Waals surface area contributed by atoms with Crippen molar-refractivity contribution in [1.29, 1.82) is 0 Å². The van der Waals surface area contributed by atoms with E-state index < -0.39 is 0 Å². The number of amides is 1. The van der Waals surface area contributed by atoms with Crippen LogP contribution in [0.25, 0.3) is 22.2 Å². The summed E-state index contributed by atoms with van der Waals surface area (Å²) >= 11 is 0.